The molecule has 4 aliphatic carbocycles. The van der Waals surface area contributed by atoms with Crippen molar-refractivity contribution >= 4 is 11.6 Å². The Bertz CT molecular complexity index is 960. The van der Waals surface area contributed by atoms with Gasteiger partial charge in [0.1, 0.15) is 5.78 Å². The molecule has 1 aromatic heterocycles. The van der Waals surface area contributed by atoms with Crippen LogP contribution in [0.4, 0.5) is 0 Å². The maximum Gasteiger partial charge on any atom is 0.161 e. The number of hydrogen-bond donors (Lipinski definition) is 2. The third kappa shape index (κ3) is 2.34. The molecule has 0 unspecified atom stereocenters. The zero-order chi connectivity index (χ0) is 22.6. The molecule has 31 heavy (non-hydrogen) atoms. The van der Waals surface area contributed by atoms with E-state index in [1.807, 2.05) is 32.9 Å². The Balaban J connectivity index is 1.66. The van der Waals surface area contributed by atoms with Crippen LogP contribution in [0.2, 0.25) is 0 Å². The molecule has 0 spiro atoms. The number of hydrogen-bond acceptors (Lipinski definition) is 5. The zero-order valence-corrected chi connectivity index (χ0v) is 19.1. The second-order valence-corrected chi connectivity index (χ2v) is 11.9. The van der Waals surface area contributed by atoms with Crippen LogP contribution in [-0.4, -0.2) is 34.0 Å². The lowest BCUT2D eigenvalue weighted by Crippen LogP contribution is -2.71. The van der Waals surface area contributed by atoms with Gasteiger partial charge in [0.2, 0.25) is 0 Å². The molecule has 5 nitrogen and oxygen atoms in total. The lowest BCUT2D eigenvalue weighted by molar-refractivity contribution is -0.251. The molecule has 5 heteroatoms. The van der Waals surface area contributed by atoms with Crippen molar-refractivity contribution in [2.75, 3.05) is 0 Å². The summed E-state index contributed by atoms with van der Waals surface area (Å²) < 4.78 is 5.33. The summed E-state index contributed by atoms with van der Waals surface area (Å²) in [6.45, 7) is 10.1. The van der Waals surface area contributed by atoms with Gasteiger partial charge in [0.15, 0.2) is 5.78 Å². The van der Waals surface area contributed by atoms with Gasteiger partial charge in [-0.15, -0.1) is 0 Å². The van der Waals surface area contributed by atoms with Crippen LogP contribution >= 0.6 is 0 Å². The molecule has 3 saturated carbocycles. The normalized spacial score (nSPS) is 50.7. The van der Waals surface area contributed by atoms with Crippen LogP contribution in [0.5, 0.6) is 0 Å². The highest BCUT2D eigenvalue weighted by Crippen LogP contribution is 2.73. The lowest BCUT2D eigenvalue weighted by atomic mass is 9.36. The first kappa shape index (κ1) is 21.1. The molecule has 168 valence electrons. The van der Waals surface area contributed by atoms with E-state index in [9.17, 15) is 19.8 Å². The number of allylic oxidation sites excluding steroid dienone is 2. The highest BCUT2D eigenvalue weighted by Gasteiger charge is 2.73. The van der Waals surface area contributed by atoms with E-state index in [-0.39, 0.29) is 34.7 Å². The molecule has 5 rings (SSSR count). The maximum absolute atomic E-state index is 13.6. The SMILES string of the molecule is CC1(C)C(=O)C=C[C@]2(C)[C@H]3CC[C@]4(C)[C@@H](C(=O)C[C@H]4c4ccoc4)[C@]3(C)[C@H](O)[C@H](O)[C@@H]12. The first-order chi connectivity index (χ1) is 14.4. The van der Waals surface area contributed by atoms with Gasteiger partial charge in [0, 0.05) is 29.1 Å². The third-order valence-electron chi connectivity index (χ3n) is 10.2. The van der Waals surface area contributed by atoms with E-state index in [4.69, 9.17) is 4.42 Å². The number of carbonyl (C=O) groups excluding carboxylic acids is 2. The average Bonchev–Trinajstić information content (AvgIpc) is 3.30. The Morgan fingerprint density at radius 3 is 2.45 bits per heavy atom. The van der Waals surface area contributed by atoms with E-state index in [2.05, 4.69) is 13.8 Å². The van der Waals surface area contributed by atoms with Gasteiger partial charge in [-0.05, 0) is 53.2 Å². The number of aliphatic hydroxyl groups is 2. The first-order valence-corrected chi connectivity index (χ1v) is 11.5. The van der Waals surface area contributed by atoms with Gasteiger partial charge in [-0.1, -0.05) is 40.7 Å². The first-order valence-electron chi connectivity index (χ1n) is 11.5. The van der Waals surface area contributed by atoms with Gasteiger partial charge >= 0.3 is 0 Å². The van der Waals surface area contributed by atoms with Gasteiger partial charge in [0.05, 0.1) is 24.7 Å². The van der Waals surface area contributed by atoms with Crippen LogP contribution in [0.25, 0.3) is 0 Å². The van der Waals surface area contributed by atoms with E-state index in [1.165, 1.54) is 0 Å². The van der Waals surface area contributed by atoms with Crippen molar-refractivity contribution in [3.63, 3.8) is 0 Å². The number of Topliss-reactive ketones (excluding diaryl/α,β-unsaturated/α-hetero) is 1. The molecule has 2 N–H and O–H groups in total. The predicted molar refractivity (Wildman–Crippen MR) is 115 cm³/mol. The van der Waals surface area contributed by atoms with Crippen molar-refractivity contribution in [2.45, 2.75) is 72.0 Å². The van der Waals surface area contributed by atoms with E-state index in [0.717, 1.165) is 18.4 Å². The fourth-order valence-electron chi connectivity index (χ4n) is 8.98. The van der Waals surface area contributed by atoms with Crippen LogP contribution in [0, 0.1) is 39.4 Å². The monoisotopic (exact) mass is 426 g/mol. The molecule has 9 atom stereocenters. The number of ketones is 2. The molecule has 0 bridgehead atoms. The van der Waals surface area contributed by atoms with Crippen molar-refractivity contribution in [2.24, 2.45) is 39.4 Å². The fraction of sp³-hybridized carbons (Fsp3) is 0.692. The molecule has 0 radical (unpaired) electrons. The Hall–Kier alpha value is -1.72. The van der Waals surface area contributed by atoms with Crippen LogP contribution in [0.15, 0.2) is 35.2 Å². The van der Waals surface area contributed by atoms with Gasteiger partial charge in [-0.25, -0.2) is 0 Å². The summed E-state index contributed by atoms with van der Waals surface area (Å²) in [6, 6.07) is 1.95. The number of aliphatic hydroxyl groups excluding tert-OH is 2. The van der Waals surface area contributed by atoms with Gasteiger partial charge < -0.3 is 14.6 Å². The van der Waals surface area contributed by atoms with Gasteiger partial charge in [0.25, 0.3) is 0 Å². The standard InChI is InChI=1S/C26H34O5/c1-23(2)18(28)7-10-25(4)17-6-9-24(3)15(14-8-11-31-13-14)12-16(27)20(24)26(17,5)22(30)19(29)21(23)25/h7-8,10-11,13,15,17,19-22,29-30H,6,9,12H2,1-5H3/t15-,17+,19+,20+,21-,22+,24-,25+,26+/m0/s1. The molecule has 0 aromatic carbocycles. The summed E-state index contributed by atoms with van der Waals surface area (Å²) in [5, 5.41) is 23.1. The molecule has 0 aliphatic heterocycles. The Morgan fingerprint density at radius 1 is 1.10 bits per heavy atom. The predicted octanol–water partition coefficient (Wildman–Crippen LogP) is 3.90. The second kappa shape index (κ2) is 6.20. The van der Waals surface area contributed by atoms with E-state index < -0.39 is 34.4 Å². The van der Waals surface area contributed by atoms with Gasteiger partial charge in [-0.2, -0.15) is 0 Å². The quantitative estimate of drug-likeness (QED) is 0.711. The zero-order valence-electron chi connectivity index (χ0n) is 19.1. The van der Waals surface area contributed by atoms with Crippen molar-refractivity contribution in [1.82, 2.24) is 0 Å². The fourth-order valence-corrected chi connectivity index (χ4v) is 8.98. The van der Waals surface area contributed by atoms with Crippen molar-refractivity contribution in [3.05, 3.63) is 36.3 Å². The molecule has 1 aromatic rings. The molecule has 1 heterocycles. The highest BCUT2D eigenvalue weighted by molar-refractivity contribution is 5.96. The van der Waals surface area contributed by atoms with E-state index >= 15 is 0 Å². The molecular weight excluding hydrogens is 392 g/mol. The number of rotatable bonds is 1. The largest absolute Gasteiger partial charge is 0.472 e. The van der Waals surface area contributed by atoms with Crippen molar-refractivity contribution in [3.8, 4) is 0 Å². The maximum atomic E-state index is 13.6. The van der Waals surface area contributed by atoms with Crippen LogP contribution in [0.3, 0.4) is 0 Å². The van der Waals surface area contributed by atoms with Crippen LogP contribution < -0.4 is 0 Å². The minimum atomic E-state index is -1.07. The smallest absolute Gasteiger partial charge is 0.161 e. The Labute approximate surface area is 183 Å². The molecule has 4 aliphatic rings. The molecule has 0 amide bonds. The van der Waals surface area contributed by atoms with E-state index in [0.29, 0.717) is 6.42 Å². The molecule has 0 saturated heterocycles. The third-order valence-corrected chi connectivity index (χ3v) is 10.2. The summed E-state index contributed by atoms with van der Waals surface area (Å²) >= 11 is 0. The summed E-state index contributed by atoms with van der Waals surface area (Å²) in [7, 11) is 0. The number of furan rings is 1. The number of fused-ring (bicyclic) bond motifs is 5. The van der Waals surface area contributed by atoms with Gasteiger partial charge in [-0.3, -0.25) is 9.59 Å². The Kier molecular flexibility index (Phi) is 4.23. The number of carbonyl (C=O) groups is 2. The summed E-state index contributed by atoms with van der Waals surface area (Å²) in [6.07, 6.45) is 7.04. The summed E-state index contributed by atoms with van der Waals surface area (Å²) in [4.78, 5) is 26.3. The van der Waals surface area contributed by atoms with Crippen LogP contribution in [0.1, 0.15) is 65.4 Å². The van der Waals surface area contributed by atoms with Crippen molar-refractivity contribution in [1.29, 1.82) is 0 Å². The highest BCUT2D eigenvalue weighted by atomic mass is 16.3. The van der Waals surface area contributed by atoms with Crippen LogP contribution in [-0.2, 0) is 9.59 Å². The molecule has 3 fully saturated rings. The van der Waals surface area contributed by atoms with Crippen molar-refractivity contribution < 1.29 is 24.2 Å². The topological polar surface area (TPSA) is 87.7 Å². The Morgan fingerprint density at radius 2 is 1.81 bits per heavy atom. The van der Waals surface area contributed by atoms with E-state index in [1.54, 1.807) is 18.6 Å². The second-order valence-electron chi connectivity index (χ2n) is 11.9. The molecular formula is C26H34O5. The summed E-state index contributed by atoms with van der Waals surface area (Å²) in [5.41, 5.74) is -1.28. The minimum absolute atomic E-state index is 0.00264. The lowest BCUT2D eigenvalue weighted by Gasteiger charge is -2.68. The summed E-state index contributed by atoms with van der Waals surface area (Å²) in [5.74, 6) is -0.536. The minimum Gasteiger partial charge on any atom is -0.472 e. The average molecular weight is 427 g/mol.